The lowest BCUT2D eigenvalue weighted by Crippen LogP contribution is -2.45. The third-order valence-electron chi connectivity index (χ3n) is 7.18. The van der Waals surface area contributed by atoms with Crippen LogP contribution in [-0.2, 0) is 12.0 Å². The first-order valence-electron chi connectivity index (χ1n) is 11.6. The number of nitrogens with zero attached hydrogens (tertiary/aromatic N) is 3. The summed E-state index contributed by atoms with van der Waals surface area (Å²) in [6.07, 6.45) is 1.68. The van der Waals surface area contributed by atoms with Gasteiger partial charge in [-0.05, 0) is 79.5 Å². The van der Waals surface area contributed by atoms with Gasteiger partial charge in [-0.1, -0.05) is 12.1 Å². The van der Waals surface area contributed by atoms with E-state index in [1.807, 2.05) is 42.5 Å². The number of hydrogen-bond acceptors (Lipinski definition) is 4. The first kappa shape index (κ1) is 23.0. The molecular weight excluding hydrogens is 448 g/mol. The lowest BCUT2D eigenvalue weighted by atomic mass is 9.74. The van der Waals surface area contributed by atoms with Crippen LogP contribution in [0, 0.1) is 23.0 Å². The molecule has 178 valence electrons. The number of carbonyl (C=O) groups excluding carboxylic acids is 1. The van der Waals surface area contributed by atoms with Crippen molar-refractivity contribution in [2.45, 2.75) is 24.8 Å². The number of amides is 1. The molecule has 5 nitrogen and oxygen atoms in total. The fraction of sp³-hybridized carbons (Fsp3) is 0.286. The van der Waals surface area contributed by atoms with Gasteiger partial charge in [-0.3, -0.25) is 9.69 Å². The summed E-state index contributed by atoms with van der Waals surface area (Å²) in [6.45, 7) is 2.93. The Morgan fingerprint density at radius 1 is 1.03 bits per heavy atom. The van der Waals surface area contributed by atoms with Gasteiger partial charge in [0.25, 0.3) is 5.91 Å². The Hall–Kier alpha value is -3.76. The van der Waals surface area contributed by atoms with Gasteiger partial charge in [0.15, 0.2) is 0 Å². The third-order valence-corrected chi connectivity index (χ3v) is 7.18. The van der Waals surface area contributed by atoms with Crippen LogP contribution in [0.5, 0.6) is 5.75 Å². The molecule has 0 aromatic heterocycles. The van der Waals surface area contributed by atoms with Gasteiger partial charge in [0.2, 0.25) is 0 Å². The van der Waals surface area contributed by atoms with Gasteiger partial charge in [-0.2, -0.15) is 5.26 Å². The van der Waals surface area contributed by atoms with Crippen LogP contribution in [0.1, 0.15) is 39.9 Å². The number of methoxy groups -OCH3 is 1. The van der Waals surface area contributed by atoms with Gasteiger partial charge >= 0.3 is 0 Å². The Bertz CT molecular complexity index is 1290. The van der Waals surface area contributed by atoms with Crippen LogP contribution in [0.3, 0.4) is 0 Å². The normalized spacial score (nSPS) is 16.7. The zero-order chi connectivity index (χ0) is 24.6. The maximum atomic E-state index is 13.8. The highest BCUT2D eigenvalue weighted by Gasteiger charge is 2.46. The molecule has 0 aliphatic carbocycles. The molecule has 1 saturated heterocycles. The monoisotopic (exact) mass is 473 g/mol. The van der Waals surface area contributed by atoms with Crippen molar-refractivity contribution in [3.8, 4) is 11.8 Å². The smallest absolute Gasteiger partial charge is 0.258 e. The maximum absolute atomic E-state index is 13.8. The summed E-state index contributed by atoms with van der Waals surface area (Å²) < 4.78 is 33.1. The summed E-state index contributed by atoms with van der Waals surface area (Å²) in [6, 6.07) is 18.4. The molecule has 3 aromatic carbocycles. The van der Waals surface area contributed by atoms with E-state index in [0.717, 1.165) is 67.5 Å². The van der Waals surface area contributed by atoms with Gasteiger partial charge < -0.3 is 9.64 Å². The second-order valence-corrected chi connectivity index (χ2v) is 9.30. The van der Waals surface area contributed by atoms with E-state index in [9.17, 15) is 13.6 Å². The molecular formula is C28H25F2N3O2. The predicted molar refractivity (Wildman–Crippen MR) is 128 cm³/mol. The van der Waals surface area contributed by atoms with Crippen molar-refractivity contribution in [2.75, 3.05) is 31.6 Å². The molecule has 2 aliphatic rings. The van der Waals surface area contributed by atoms with Gasteiger partial charge in [0, 0.05) is 35.8 Å². The number of benzene rings is 3. The van der Waals surface area contributed by atoms with Crippen LogP contribution in [0.15, 0.2) is 60.7 Å². The molecule has 1 amide bonds. The molecule has 3 aromatic rings. The average Bonchev–Trinajstić information content (AvgIpc) is 3.18. The number of hydrogen-bond donors (Lipinski definition) is 0. The maximum Gasteiger partial charge on any atom is 0.258 e. The van der Waals surface area contributed by atoms with Crippen molar-refractivity contribution in [3.63, 3.8) is 0 Å². The molecule has 0 N–H and O–H groups in total. The van der Waals surface area contributed by atoms with E-state index in [1.54, 1.807) is 12.0 Å². The van der Waals surface area contributed by atoms with Crippen LogP contribution in [0.25, 0.3) is 0 Å². The van der Waals surface area contributed by atoms with E-state index in [0.29, 0.717) is 17.9 Å². The Morgan fingerprint density at radius 2 is 1.71 bits per heavy atom. The Labute approximate surface area is 203 Å². The van der Waals surface area contributed by atoms with Crippen LogP contribution in [0.4, 0.5) is 14.5 Å². The Balaban J connectivity index is 1.39. The number of piperidine rings is 1. The lowest BCUT2D eigenvalue weighted by Gasteiger charge is -2.40. The lowest BCUT2D eigenvalue weighted by molar-refractivity contribution is 0.0974. The summed E-state index contributed by atoms with van der Waals surface area (Å²) in [4.78, 5) is 17.4. The van der Waals surface area contributed by atoms with Crippen molar-refractivity contribution in [1.29, 1.82) is 5.26 Å². The van der Waals surface area contributed by atoms with Gasteiger partial charge in [0.05, 0.1) is 18.7 Å². The summed E-state index contributed by atoms with van der Waals surface area (Å²) in [5.74, 6) is -1.23. The largest absolute Gasteiger partial charge is 0.497 e. The number of anilines is 1. The minimum atomic E-state index is -0.770. The molecule has 35 heavy (non-hydrogen) atoms. The number of fused-ring (bicyclic) bond motifs is 2. The molecule has 0 saturated carbocycles. The molecule has 0 atom stereocenters. The fourth-order valence-corrected chi connectivity index (χ4v) is 5.30. The molecule has 0 radical (unpaired) electrons. The minimum Gasteiger partial charge on any atom is -0.497 e. The zero-order valence-corrected chi connectivity index (χ0v) is 19.4. The minimum absolute atomic E-state index is 0.000398. The van der Waals surface area contributed by atoms with Gasteiger partial charge in [-0.25, -0.2) is 8.78 Å². The van der Waals surface area contributed by atoms with Crippen LogP contribution >= 0.6 is 0 Å². The van der Waals surface area contributed by atoms with Crippen molar-refractivity contribution < 1.29 is 18.3 Å². The second-order valence-electron chi connectivity index (χ2n) is 9.30. The van der Waals surface area contributed by atoms with Crippen molar-refractivity contribution in [3.05, 3.63) is 94.6 Å². The SMILES string of the molecule is COc1ccc2c(c1)C1(CCN(Cc3ccc(C#N)cc3)CC1)CN2C(=O)c1cc(F)cc(F)c1. The van der Waals surface area contributed by atoms with E-state index in [1.165, 1.54) is 0 Å². The van der Waals surface area contributed by atoms with Gasteiger partial charge in [-0.15, -0.1) is 0 Å². The quantitative estimate of drug-likeness (QED) is 0.533. The van der Waals surface area contributed by atoms with E-state index >= 15 is 0 Å². The topological polar surface area (TPSA) is 56.6 Å². The van der Waals surface area contributed by atoms with Crippen molar-refractivity contribution in [2.24, 2.45) is 0 Å². The summed E-state index contributed by atoms with van der Waals surface area (Å²) in [7, 11) is 1.61. The predicted octanol–water partition coefficient (Wildman–Crippen LogP) is 5.04. The van der Waals surface area contributed by atoms with Crippen LogP contribution in [0.2, 0.25) is 0 Å². The number of ether oxygens (including phenoxy) is 1. The van der Waals surface area contributed by atoms with E-state index in [4.69, 9.17) is 10.00 Å². The zero-order valence-electron chi connectivity index (χ0n) is 19.4. The number of rotatable bonds is 4. The molecule has 0 bridgehead atoms. The second kappa shape index (κ2) is 9.12. The molecule has 2 heterocycles. The van der Waals surface area contributed by atoms with E-state index < -0.39 is 17.5 Å². The van der Waals surface area contributed by atoms with E-state index in [-0.39, 0.29) is 11.0 Å². The number of likely N-dealkylation sites (tertiary alicyclic amines) is 1. The third kappa shape index (κ3) is 4.38. The number of carbonyl (C=O) groups is 1. The van der Waals surface area contributed by atoms with Crippen molar-refractivity contribution >= 4 is 11.6 Å². The van der Waals surface area contributed by atoms with Gasteiger partial charge in [0.1, 0.15) is 17.4 Å². The summed E-state index contributed by atoms with van der Waals surface area (Å²) in [5.41, 5.74) is 3.34. The fourth-order valence-electron chi connectivity index (χ4n) is 5.30. The molecule has 5 rings (SSSR count). The summed E-state index contributed by atoms with van der Waals surface area (Å²) in [5, 5.41) is 9.01. The highest BCUT2D eigenvalue weighted by molar-refractivity contribution is 6.07. The first-order chi connectivity index (χ1) is 16.9. The average molecular weight is 474 g/mol. The highest BCUT2D eigenvalue weighted by Crippen LogP contribution is 2.48. The first-order valence-corrected chi connectivity index (χ1v) is 11.6. The number of halogens is 2. The van der Waals surface area contributed by atoms with Crippen molar-refractivity contribution in [1.82, 2.24) is 4.90 Å². The van der Waals surface area contributed by atoms with E-state index in [2.05, 4.69) is 11.0 Å². The molecule has 7 heteroatoms. The Kier molecular flexibility index (Phi) is 6.00. The molecule has 2 aliphatic heterocycles. The van der Waals surface area contributed by atoms with Crippen LogP contribution in [-0.4, -0.2) is 37.6 Å². The molecule has 1 fully saturated rings. The standard InChI is InChI=1S/C28H25F2N3O2/c1-35-24-6-7-26-25(15-24)28(18-33(26)27(34)21-12-22(29)14-23(30)13-21)8-10-32(11-9-28)17-20-4-2-19(16-31)3-5-20/h2-7,12-15H,8-11,17-18H2,1H3. The Morgan fingerprint density at radius 3 is 2.34 bits per heavy atom. The summed E-state index contributed by atoms with van der Waals surface area (Å²) >= 11 is 0. The highest BCUT2D eigenvalue weighted by atomic mass is 19.1. The number of nitriles is 1. The molecule has 1 spiro atoms. The molecule has 0 unspecified atom stereocenters. The van der Waals surface area contributed by atoms with Crippen LogP contribution < -0.4 is 9.64 Å².